The molecule has 1 unspecified atom stereocenters. The Morgan fingerprint density at radius 3 is 2.78 bits per heavy atom. The van der Waals surface area contributed by atoms with E-state index in [1.807, 2.05) is 0 Å². The molecular weight excluding hydrogens is 112 g/mol. The minimum Gasteiger partial charge on any atom is -0.303 e. The van der Waals surface area contributed by atoms with Gasteiger partial charge in [0.2, 0.25) is 0 Å². The van der Waals surface area contributed by atoms with Gasteiger partial charge in [-0.3, -0.25) is 0 Å². The normalized spacial score (nSPS) is 20.3. The minimum absolute atomic E-state index is 0.238. The number of hydrogen-bond donors (Lipinski definition) is 0. The van der Waals surface area contributed by atoms with Crippen molar-refractivity contribution in [2.24, 2.45) is 11.8 Å². The van der Waals surface area contributed by atoms with Gasteiger partial charge in [-0.05, 0) is 18.8 Å². The zero-order chi connectivity index (χ0) is 6.69. The van der Waals surface area contributed by atoms with Crippen molar-refractivity contribution in [3.63, 3.8) is 0 Å². The van der Waals surface area contributed by atoms with Crippen LogP contribution >= 0.6 is 0 Å². The van der Waals surface area contributed by atoms with E-state index in [0.29, 0.717) is 12.3 Å². The van der Waals surface area contributed by atoms with Crippen LogP contribution in [0.1, 0.15) is 19.3 Å². The molecule has 9 heavy (non-hydrogen) atoms. The molecule has 0 saturated heterocycles. The van der Waals surface area contributed by atoms with E-state index in [-0.39, 0.29) is 5.92 Å². The fraction of sp³-hybridized carbons (Fsp3) is 0.625. The van der Waals surface area contributed by atoms with E-state index < -0.39 is 0 Å². The van der Waals surface area contributed by atoms with Crippen molar-refractivity contribution >= 4 is 6.29 Å². The third-order valence-electron chi connectivity index (χ3n) is 1.76. The summed E-state index contributed by atoms with van der Waals surface area (Å²) in [5.74, 6) is 3.54. The molecule has 1 atom stereocenters. The van der Waals surface area contributed by atoms with Crippen molar-refractivity contribution in [1.29, 1.82) is 0 Å². The van der Waals surface area contributed by atoms with Gasteiger partial charge in [-0.2, -0.15) is 0 Å². The molecule has 0 aromatic carbocycles. The van der Waals surface area contributed by atoms with Crippen molar-refractivity contribution in [3.8, 4) is 12.3 Å². The number of hydrogen-bond acceptors (Lipinski definition) is 1. The molecule has 1 nitrogen and oxygen atoms in total. The second-order valence-electron chi connectivity index (χ2n) is 2.51. The standard InChI is InChI=1S/C8H10O/c1-2-7(5-6-9)8-3-4-8/h1,6-8H,3-5H2. The van der Waals surface area contributed by atoms with E-state index >= 15 is 0 Å². The largest absolute Gasteiger partial charge is 0.303 e. The lowest BCUT2D eigenvalue weighted by molar-refractivity contribution is -0.108. The third-order valence-corrected chi connectivity index (χ3v) is 1.76. The Kier molecular flexibility index (Phi) is 1.89. The zero-order valence-electron chi connectivity index (χ0n) is 5.34. The highest BCUT2D eigenvalue weighted by atomic mass is 16.1. The fourth-order valence-corrected chi connectivity index (χ4v) is 0.999. The molecule has 1 rings (SSSR count). The van der Waals surface area contributed by atoms with Crippen molar-refractivity contribution in [1.82, 2.24) is 0 Å². The summed E-state index contributed by atoms with van der Waals surface area (Å²) in [5, 5.41) is 0. The highest BCUT2D eigenvalue weighted by Crippen LogP contribution is 2.37. The van der Waals surface area contributed by atoms with Crippen LogP contribution < -0.4 is 0 Å². The van der Waals surface area contributed by atoms with Gasteiger partial charge in [-0.15, -0.1) is 12.3 Å². The lowest BCUT2D eigenvalue weighted by atomic mass is 10.0. The van der Waals surface area contributed by atoms with Gasteiger partial charge in [0, 0.05) is 12.3 Å². The number of carbonyl (C=O) groups excluding carboxylic acids is 1. The van der Waals surface area contributed by atoms with E-state index in [4.69, 9.17) is 6.42 Å². The minimum atomic E-state index is 0.238. The summed E-state index contributed by atoms with van der Waals surface area (Å²) in [5.41, 5.74) is 0. The van der Waals surface area contributed by atoms with Gasteiger partial charge in [-0.1, -0.05) is 0 Å². The average molecular weight is 122 g/mol. The molecule has 0 amide bonds. The maximum atomic E-state index is 10.0. The van der Waals surface area contributed by atoms with E-state index in [2.05, 4.69) is 5.92 Å². The van der Waals surface area contributed by atoms with Crippen LogP contribution in [-0.2, 0) is 4.79 Å². The second kappa shape index (κ2) is 2.68. The Morgan fingerprint density at radius 2 is 2.44 bits per heavy atom. The van der Waals surface area contributed by atoms with Gasteiger partial charge in [0.1, 0.15) is 6.29 Å². The fourth-order valence-electron chi connectivity index (χ4n) is 0.999. The average Bonchev–Trinajstić information content (AvgIpc) is 2.64. The summed E-state index contributed by atoms with van der Waals surface area (Å²) in [7, 11) is 0. The summed E-state index contributed by atoms with van der Waals surface area (Å²) in [4.78, 5) is 10.0. The van der Waals surface area contributed by atoms with Gasteiger partial charge in [-0.25, -0.2) is 0 Å². The zero-order valence-corrected chi connectivity index (χ0v) is 5.34. The summed E-state index contributed by atoms with van der Waals surface area (Å²) < 4.78 is 0. The second-order valence-corrected chi connectivity index (χ2v) is 2.51. The molecule has 1 saturated carbocycles. The van der Waals surface area contributed by atoms with Crippen molar-refractivity contribution in [2.45, 2.75) is 19.3 Å². The van der Waals surface area contributed by atoms with Crippen molar-refractivity contribution in [2.75, 3.05) is 0 Å². The van der Waals surface area contributed by atoms with E-state index in [9.17, 15) is 4.79 Å². The van der Waals surface area contributed by atoms with Gasteiger partial charge in [0.05, 0.1) is 0 Å². The van der Waals surface area contributed by atoms with Crippen molar-refractivity contribution in [3.05, 3.63) is 0 Å². The first kappa shape index (κ1) is 6.35. The molecule has 1 aliphatic rings. The molecule has 0 bridgehead atoms. The SMILES string of the molecule is C#CC(CC=O)C1CC1. The predicted octanol–water partition coefficient (Wildman–Crippen LogP) is 1.23. The topological polar surface area (TPSA) is 17.1 Å². The Hall–Kier alpha value is -0.770. The van der Waals surface area contributed by atoms with Crippen LogP contribution in [0.3, 0.4) is 0 Å². The van der Waals surface area contributed by atoms with E-state index in [1.165, 1.54) is 12.8 Å². The molecule has 0 aromatic heterocycles. The summed E-state index contributed by atoms with van der Waals surface area (Å²) in [6.07, 6.45) is 9.12. The molecule has 0 radical (unpaired) electrons. The van der Waals surface area contributed by atoms with Crippen LogP contribution in [0, 0.1) is 24.2 Å². The van der Waals surface area contributed by atoms with Crippen LogP contribution in [0.15, 0.2) is 0 Å². The summed E-state index contributed by atoms with van der Waals surface area (Å²) in [6.45, 7) is 0. The van der Waals surface area contributed by atoms with Gasteiger partial charge in [0.15, 0.2) is 0 Å². The quantitative estimate of drug-likeness (QED) is 0.406. The predicted molar refractivity (Wildman–Crippen MR) is 35.7 cm³/mol. The third kappa shape index (κ3) is 1.57. The van der Waals surface area contributed by atoms with Gasteiger partial charge < -0.3 is 4.79 Å². The smallest absolute Gasteiger partial charge is 0.121 e. The number of rotatable bonds is 3. The summed E-state index contributed by atoms with van der Waals surface area (Å²) in [6, 6.07) is 0. The Balaban J connectivity index is 2.30. The highest BCUT2D eigenvalue weighted by molar-refractivity contribution is 5.50. The van der Waals surface area contributed by atoms with Crippen LogP contribution in [0.4, 0.5) is 0 Å². The number of terminal acetylenes is 1. The van der Waals surface area contributed by atoms with Crippen LogP contribution in [0.2, 0.25) is 0 Å². The Morgan fingerprint density at radius 1 is 1.78 bits per heavy atom. The summed E-state index contributed by atoms with van der Waals surface area (Å²) >= 11 is 0. The first-order chi connectivity index (χ1) is 4.38. The molecule has 0 N–H and O–H groups in total. The molecule has 48 valence electrons. The molecule has 0 aromatic rings. The van der Waals surface area contributed by atoms with Crippen LogP contribution in [-0.4, -0.2) is 6.29 Å². The number of aldehydes is 1. The molecule has 1 aliphatic carbocycles. The molecule has 0 heterocycles. The van der Waals surface area contributed by atoms with Crippen molar-refractivity contribution < 1.29 is 4.79 Å². The first-order valence-corrected chi connectivity index (χ1v) is 3.28. The lowest BCUT2D eigenvalue weighted by Crippen LogP contribution is -1.99. The molecule has 1 fully saturated rings. The van der Waals surface area contributed by atoms with E-state index in [0.717, 1.165) is 6.29 Å². The van der Waals surface area contributed by atoms with E-state index in [1.54, 1.807) is 0 Å². The van der Waals surface area contributed by atoms with Crippen LogP contribution in [0.25, 0.3) is 0 Å². The maximum absolute atomic E-state index is 10.0. The van der Waals surface area contributed by atoms with Gasteiger partial charge in [0.25, 0.3) is 0 Å². The van der Waals surface area contributed by atoms with Crippen LogP contribution in [0.5, 0.6) is 0 Å². The molecule has 0 aliphatic heterocycles. The maximum Gasteiger partial charge on any atom is 0.121 e. The molecular formula is C8H10O. The Bertz CT molecular complexity index is 139. The van der Waals surface area contributed by atoms with Gasteiger partial charge >= 0.3 is 0 Å². The monoisotopic (exact) mass is 122 g/mol. The molecule has 0 spiro atoms. The Labute approximate surface area is 55.4 Å². The lowest BCUT2D eigenvalue weighted by Gasteiger charge is -2.00. The highest BCUT2D eigenvalue weighted by Gasteiger charge is 2.29. The first-order valence-electron chi connectivity index (χ1n) is 3.28. The molecule has 1 heteroatoms. The number of carbonyl (C=O) groups is 1.